The van der Waals surface area contributed by atoms with Gasteiger partial charge in [0.2, 0.25) is 0 Å². The number of alkyl halides is 3. The highest BCUT2D eigenvalue weighted by Gasteiger charge is 2.40. The number of halogens is 3. The second-order valence-electron chi connectivity index (χ2n) is 7.36. The van der Waals surface area contributed by atoms with Gasteiger partial charge in [0.05, 0.1) is 16.9 Å². The van der Waals surface area contributed by atoms with Crippen molar-refractivity contribution in [3.8, 4) is 0 Å². The molecule has 3 aliphatic heterocycles. The van der Waals surface area contributed by atoms with Crippen molar-refractivity contribution in [3.63, 3.8) is 0 Å². The van der Waals surface area contributed by atoms with Crippen LogP contribution in [0.3, 0.4) is 0 Å². The van der Waals surface area contributed by atoms with E-state index in [4.69, 9.17) is 0 Å². The fraction of sp³-hybridized carbons (Fsp3) is 0.318. The number of benzene rings is 2. The second kappa shape index (κ2) is 6.40. The van der Waals surface area contributed by atoms with Gasteiger partial charge in [-0.05, 0) is 42.2 Å². The Morgan fingerprint density at radius 2 is 1.79 bits per heavy atom. The van der Waals surface area contributed by atoms with Gasteiger partial charge in [-0.3, -0.25) is 9.89 Å². The van der Waals surface area contributed by atoms with Crippen molar-refractivity contribution in [3.05, 3.63) is 71.1 Å². The third-order valence-electron chi connectivity index (χ3n) is 5.61. The van der Waals surface area contributed by atoms with Crippen molar-refractivity contribution in [2.75, 3.05) is 18.0 Å². The average Bonchev–Trinajstić information content (AvgIpc) is 3.36. The smallest absolute Gasteiger partial charge is 0.316 e. The van der Waals surface area contributed by atoms with Gasteiger partial charge in [0.15, 0.2) is 0 Å². The molecule has 3 nitrogen and oxygen atoms in total. The summed E-state index contributed by atoms with van der Waals surface area (Å²) in [4.78, 5) is 8.51. The molecule has 0 spiro atoms. The zero-order chi connectivity index (χ0) is 19.3. The Hall–Kier alpha value is -2.76. The van der Waals surface area contributed by atoms with Crippen LogP contribution in [0, 0.1) is 0 Å². The molecule has 2 aromatic rings. The van der Waals surface area contributed by atoms with E-state index in [0.29, 0.717) is 12.0 Å². The van der Waals surface area contributed by atoms with E-state index in [9.17, 15) is 13.2 Å². The monoisotopic (exact) mass is 383 g/mol. The molecule has 0 fully saturated rings. The summed E-state index contributed by atoms with van der Waals surface area (Å²) in [6.07, 6.45) is 0.808. The number of hydrogen-bond acceptors (Lipinski definition) is 3. The van der Waals surface area contributed by atoms with Crippen LogP contribution in [0.2, 0.25) is 0 Å². The molecule has 0 N–H and O–H groups in total. The Kier molecular flexibility index (Phi) is 3.96. The van der Waals surface area contributed by atoms with Crippen LogP contribution in [0.5, 0.6) is 0 Å². The summed E-state index contributed by atoms with van der Waals surface area (Å²) in [6, 6.07) is 12.2. The lowest BCUT2D eigenvalue weighted by Crippen LogP contribution is -2.37. The van der Waals surface area contributed by atoms with Crippen molar-refractivity contribution in [2.45, 2.75) is 31.9 Å². The molecule has 144 valence electrons. The quantitative estimate of drug-likeness (QED) is 0.649. The molecular formula is C22H20F3N3. The summed E-state index contributed by atoms with van der Waals surface area (Å²) in [6.45, 7) is 1.55. The maximum absolute atomic E-state index is 13.9. The molecule has 0 bridgehead atoms. The topological polar surface area (TPSA) is 18.8 Å². The molecule has 0 aliphatic carbocycles. The SMILES string of the molecule is FC(F)(F)c1cccc2c1N(C1=CCCN1C1=NCCC1)c1ccccc1C2. The standard InChI is InChI=1S/C22H20F3N3/c23-22(24,25)17-8-3-7-16-14-15-6-1-2-9-18(15)28(21(16)17)20-11-5-13-27(20)19-10-4-12-26-19/h1-3,6-9,11H,4-5,10,12-14H2. The van der Waals surface area contributed by atoms with Gasteiger partial charge in [0, 0.05) is 25.9 Å². The first kappa shape index (κ1) is 17.3. The first-order valence-electron chi connectivity index (χ1n) is 9.62. The van der Waals surface area contributed by atoms with Crippen LogP contribution >= 0.6 is 0 Å². The molecule has 0 saturated heterocycles. The summed E-state index contributed by atoms with van der Waals surface area (Å²) >= 11 is 0. The Morgan fingerprint density at radius 1 is 0.964 bits per heavy atom. The minimum absolute atomic E-state index is 0.255. The average molecular weight is 383 g/mol. The van der Waals surface area contributed by atoms with Gasteiger partial charge in [-0.15, -0.1) is 0 Å². The van der Waals surface area contributed by atoms with E-state index in [2.05, 4.69) is 9.89 Å². The number of amidine groups is 1. The Balaban J connectivity index is 1.71. The Morgan fingerprint density at radius 3 is 2.57 bits per heavy atom. The van der Waals surface area contributed by atoms with E-state index in [1.54, 1.807) is 6.07 Å². The highest BCUT2D eigenvalue weighted by atomic mass is 19.4. The van der Waals surface area contributed by atoms with Crippen molar-refractivity contribution >= 4 is 17.2 Å². The first-order chi connectivity index (χ1) is 13.5. The molecular weight excluding hydrogens is 363 g/mol. The minimum atomic E-state index is -4.41. The van der Waals surface area contributed by atoms with Crippen LogP contribution < -0.4 is 4.90 Å². The molecule has 0 aromatic heterocycles. The van der Waals surface area contributed by atoms with Crippen molar-refractivity contribution in [1.29, 1.82) is 0 Å². The largest absolute Gasteiger partial charge is 0.418 e. The van der Waals surface area contributed by atoms with Crippen LogP contribution in [0.4, 0.5) is 24.5 Å². The maximum atomic E-state index is 13.9. The van der Waals surface area contributed by atoms with E-state index in [-0.39, 0.29) is 5.69 Å². The van der Waals surface area contributed by atoms with Crippen molar-refractivity contribution in [1.82, 2.24) is 4.90 Å². The van der Waals surface area contributed by atoms with Crippen LogP contribution in [0.15, 0.2) is 59.4 Å². The highest BCUT2D eigenvalue weighted by Crippen LogP contribution is 2.48. The van der Waals surface area contributed by atoms with E-state index in [0.717, 1.165) is 55.3 Å². The molecule has 3 heterocycles. The number of nitrogens with zero attached hydrogens (tertiary/aromatic N) is 3. The van der Waals surface area contributed by atoms with Crippen LogP contribution in [0.1, 0.15) is 36.0 Å². The van der Waals surface area contributed by atoms with Crippen molar-refractivity contribution in [2.24, 2.45) is 4.99 Å². The lowest BCUT2D eigenvalue weighted by atomic mass is 9.92. The zero-order valence-electron chi connectivity index (χ0n) is 15.3. The van der Waals surface area contributed by atoms with E-state index in [1.807, 2.05) is 35.2 Å². The van der Waals surface area contributed by atoms with Crippen molar-refractivity contribution < 1.29 is 13.2 Å². The number of hydrogen-bond donors (Lipinski definition) is 0. The third kappa shape index (κ3) is 2.70. The summed E-state index contributed by atoms with van der Waals surface area (Å²) in [5, 5.41) is 0. The highest BCUT2D eigenvalue weighted by molar-refractivity contribution is 5.89. The maximum Gasteiger partial charge on any atom is 0.418 e. The van der Waals surface area contributed by atoms with Gasteiger partial charge < -0.3 is 4.90 Å². The lowest BCUT2D eigenvalue weighted by Gasteiger charge is -2.39. The summed E-state index contributed by atoms with van der Waals surface area (Å²) < 4.78 is 41.8. The zero-order valence-corrected chi connectivity index (χ0v) is 15.3. The molecule has 6 heteroatoms. The lowest BCUT2D eigenvalue weighted by molar-refractivity contribution is -0.137. The fourth-order valence-electron chi connectivity index (χ4n) is 4.43. The van der Waals surface area contributed by atoms with Gasteiger partial charge in [0.25, 0.3) is 0 Å². The Labute approximate surface area is 161 Å². The predicted octanol–water partition coefficient (Wildman–Crippen LogP) is 5.49. The number of fused-ring (bicyclic) bond motifs is 2. The van der Waals surface area contributed by atoms with Gasteiger partial charge in [0.1, 0.15) is 11.7 Å². The van der Waals surface area contributed by atoms with E-state index in [1.165, 1.54) is 12.1 Å². The van der Waals surface area contributed by atoms with Gasteiger partial charge in [-0.25, -0.2) is 0 Å². The third-order valence-corrected chi connectivity index (χ3v) is 5.61. The normalized spacial score (nSPS) is 18.7. The summed E-state index contributed by atoms with van der Waals surface area (Å²) in [5.74, 6) is 1.78. The second-order valence-corrected chi connectivity index (χ2v) is 7.36. The van der Waals surface area contributed by atoms with Gasteiger partial charge in [-0.2, -0.15) is 13.2 Å². The minimum Gasteiger partial charge on any atom is -0.316 e. The number of para-hydroxylation sites is 2. The number of anilines is 2. The van der Waals surface area contributed by atoms with Gasteiger partial charge in [-0.1, -0.05) is 30.3 Å². The molecule has 5 rings (SSSR count). The molecule has 2 aromatic carbocycles. The summed E-state index contributed by atoms with van der Waals surface area (Å²) in [7, 11) is 0. The first-order valence-corrected chi connectivity index (χ1v) is 9.62. The van der Waals surface area contributed by atoms with E-state index < -0.39 is 11.7 Å². The van der Waals surface area contributed by atoms with E-state index >= 15 is 0 Å². The molecule has 0 unspecified atom stereocenters. The van der Waals surface area contributed by atoms with Gasteiger partial charge >= 0.3 is 6.18 Å². The van der Waals surface area contributed by atoms with Crippen LogP contribution in [-0.4, -0.2) is 23.8 Å². The molecule has 3 aliphatic rings. The molecule has 0 atom stereocenters. The molecule has 0 saturated carbocycles. The number of rotatable bonds is 1. The number of aliphatic imine (C=N–C) groups is 1. The molecule has 0 amide bonds. The summed E-state index contributed by atoms with van der Waals surface area (Å²) in [5.41, 5.74) is 2.24. The predicted molar refractivity (Wildman–Crippen MR) is 104 cm³/mol. The fourth-order valence-corrected chi connectivity index (χ4v) is 4.43. The Bertz CT molecular complexity index is 991. The van der Waals surface area contributed by atoms with Crippen LogP contribution in [0.25, 0.3) is 0 Å². The molecule has 28 heavy (non-hydrogen) atoms. The molecule has 0 radical (unpaired) electrons. The van der Waals surface area contributed by atoms with Crippen LogP contribution in [-0.2, 0) is 12.6 Å².